The molecular weight excluding hydrogens is 290 g/mol. The number of anilines is 1. The molecule has 1 fully saturated rings. The monoisotopic (exact) mass is 307 g/mol. The fraction of sp³-hybridized carbons (Fsp3) is 0.462. The number of nitrogen functional groups attached to an aromatic ring is 1. The lowest BCUT2D eigenvalue weighted by molar-refractivity contribution is 0.0383. The first kappa shape index (κ1) is 14.2. The lowest BCUT2D eigenvalue weighted by Crippen LogP contribution is -2.41. The summed E-state index contributed by atoms with van der Waals surface area (Å²) in [6, 6.07) is 1.78. The van der Waals surface area contributed by atoms with Gasteiger partial charge in [0.1, 0.15) is 9.71 Å². The van der Waals surface area contributed by atoms with E-state index < -0.39 is 0 Å². The summed E-state index contributed by atoms with van der Waals surface area (Å²) in [7, 11) is 0. The number of thiophene rings is 1. The summed E-state index contributed by atoms with van der Waals surface area (Å²) < 4.78 is 5.29. The zero-order chi connectivity index (χ0) is 14.7. The minimum Gasteiger partial charge on any atom is -0.397 e. The SMILES string of the molecule is Nc1c(C(=O)NCCN2CCOCC2)sc2nnccc12. The first-order valence-electron chi connectivity index (χ1n) is 6.83. The van der Waals surface area contributed by atoms with Crippen LogP contribution in [0.5, 0.6) is 0 Å². The molecule has 0 radical (unpaired) electrons. The summed E-state index contributed by atoms with van der Waals surface area (Å²) in [6.45, 7) is 4.76. The van der Waals surface area contributed by atoms with Crippen molar-refractivity contribution in [1.29, 1.82) is 0 Å². The minimum absolute atomic E-state index is 0.149. The largest absolute Gasteiger partial charge is 0.397 e. The summed E-state index contributed by atoms with van der Waals surface area (Å²) in [5, 5.41) is 11.5. The second-order valence-corrected chi connectivity index (χ2v) is 5.80. The van der Waals surface area contributed by atoms with E-state index in [1.807, 2.05) is 0 Å². The van der Waals surface area contributed by atoms with Gasteiger partial charge in [-0.1, -0.05) is 0 Å². The van der Waals surface area contributed by atoms with Crippen LogP contribution in [0.15, 0.2) is 12.3 Å². The number of amides is 1. The highest BCUT2D eigenvalue weighted by molar-refractivity contribution is 7.21. The van der Waals surface area contributed by atoms with Gasteiger partial charge >= 0.3 is 0 Å². The Morgan fingerprint density at radius 3 is 3.05 bits per heavy atom. The molecule has 0 aliphatic carbocycles. The standard InChI is InChI=1S/C13H17N5O2S/c14-10-9-1-2-16-17-13(9)21-11(10)12(19)15-3-4-18-5-7-20-8-6-18/h1-2H,3-8,14H2,(H,15,19). The van der Waals surface area contributed by atoms with Crippen LogP contribution < -0.4 is 11.1 Å². The number of carbonyl (C=O) groups excluding carboxylic acids is 1. The topological polar surface area (TPSA) is 93.4 Å². The number of hydrogen-bond donors (Lipinski definition) is 2. The number of hydrogen-bond acceptors (Lipinski definition) is 7. The number of rotatable bonds is 4. The molecule has 1 amide bonds. The average molecular weight is 307 g/mol. The molecule has 1 aliphatic rings. The van der Waals surface area contributed by atoms with Gasteiger partial charge < -0.3 is 15.8 Å². The zero-order valence-corrected chi connectivity index (χ0v) is 12.4. The van der Waals surface area contributed by atoms with Gasteiger partial charge in [-0.05, 0) is 6.07 Å². The van der Waals surface area contributed by atoms with Crippen molar-refractivity contribution < 1.29 is 9.53 Å². The van der Waals surface area contributed by atoms with Crippen LogP contribution in [0.25, 0.3) is 10.2 Å². The predicted octanol–water partition coefficient (Wildman–Crippen LogP) is 0.336. The van der Waals surface area contributed by atoms with E-state index in [4.69, 9.17) is 10.5 Å². The van der Waals surface area contributed by atoms with E-state index in [0.29, 0.717) is 21.9 Å². The number of nitrogens with two attached hydrogens (primary N) is 1. The van der Waals surface area contributed by atoms with E-state index in [1.165, 1.54) is 11.3 Å². The van der Waals surface area contributed by atoms with Crippen LogP contribution in [0.1, 0.15) is 9.67 Å². The molecule has 3 N–H and O–H groups in total. The van der Waals surface area contributed by atoms with Crippen molar-refractivity contribution in [3.63, 3.8) is 0 Å². The molecule has 3 rings (SSSR count). The summed E-state index contributed by atoms with van der Waals surface area (Å²) >= 11 is 1.27. The first-order chi connectivity index (χ1) is 10.3. The van der Waals surface area contributed by atoms with Crippen molar-refractivity contribution in [2.24, 2.45) is 0 Å². The van der Waals surface area contributed by atoms with Crippen LogP contribution in [0.2, 0.25) is 0 Å². The zero-order valence-electron chi connectivity index (χ0n) is 11.5. The van der Waals surface area contributed by atoms with Crippen molar-refractivity contribution in [1.82, 2.24) is 20.4 Å². The number of nitrogens with one attached hydrogen (secondary N) is 1. The summed E-state index contributed by atoms with van der Waals surface area (Å²) in [6.07, 6.45) is 1.57. The van der Waals surface area contributed by atoms with Gasteiger partial charge in [-0.3, -0.25) is 9.69 Å². The molecule has 2 aromatic rings. The molecule has 0 unspecified atom stereocenters. The molecule has 0 bridgehead atoms. The second kappa shape index (κ2) is 6.33. The third-order valence-corrected chi connectivity index (χ3v) is 4.55. The van der Waals surface area contributed by atoms with Gasteiger partial charge in [-0.15, -0.1) is 16.4 Å². The van der Waals surface area contributed by atoms with E-state index >= 15 is 0 Å². The maximum atomic E-state index is 12.2. The van der Waals surface area contributed by atoms with Crippen LogP contribution in [-0.2, 0) is 4.74 Å². The highest BCUT2D eigenvalue weighted by Gasteiger charge is 2.17. The number of fused-ring (bicyclic) bond motifs is 1. The Kier molecular flexibility index (Phi) is 4.28. The molecule has 0 atom stereocenters. The van der Waals surface area contributed by atoms with Crippen LogP contribution in [0.3, 0.4) is 0 Å². The molecular formula is C13H17N5O2S. The van der Waals surface area contributed by atoms with Crippen LogP contribution in [0, 0.1) is 0 Å². The Morgan fingerprint density at radius 1 is 1.48 bits per heavy atom. The lowest BCUT2D eigenvalue weighted by Gasteiger charge is -2.26. The molecule has 2 aromatic heterocycles. The number of nitrogens with zero attached hydrogens (tertiary/aromatic N) is 3. The number of morpholine rings is 1. The highest BCUT2D eigenvalue weighted by Crippen LogP contribution is 2.31. The third-order valence-electron chi connectivity index (χ3n) is 3.44. The molecule has 112 valence electrons. The van der Waals surface area contributed by atoms with Crippen molar-refractivity contribution >= 4 is 33.1 Å². The first-order valence-corrected chi connectivity index (χ1v) is 7.65. The van der Waals surface area contributed by atoms with E-state index in [2.05, 4.69) is 20.4 Å². The average Bonchev–Trinajstić information content (AvgIpc) is 2.86. The number of ether oxygens (including phenoxy) is 1. The smallest absolute Gasteiger partial charge is 0.263 e. The maximum Gasteiger partial charge on any atom is 0.263 e. The van der Waals surface area contributed by atoms with Crippen LogP contribution in [0.4, 0.5) is 5.69 Å². The molecule has 0 spiro atoms. The van der Waals surface area contributed by atoms with Gasteiger partial charge in [0.2, 0.25) is 0 Å². The Morgan fingerprint density at radius 2 is 2.29 bits per heavy atom. The van der Waals surface area contributed by atoms with E-state index in [-0.39, 0.29) is 5.91 Å². The van der Waals surface area contributed by atoms with Gasteiger partial charge in [0, 0.05) is 31.6 Å². The van der Waals surface area contributed by atoms with Gasteiger partial charge in [-0.25, -0.2) is 0 Å². The Balaban J connectivity index is 1.60. The third kappa shape index (κ3) is 3.12. The van der Waals surface area contributed by atoms with Crippen molar-refractivity contribution in [3.8, 4) is 0 Å². The van der Waals surface area contributed by atoms with Crippen molar-refractivity contribution in [3.05, 3.63) is 17.1 Å². The van der Waals surface area contributed by atoms with Gasteiger partial charge in [0.05, 0.1) is 25.1 Å². The van der Waals surface area contributed by atoms with Crippen molar-refractivity contribution in [2.45, 2.75) is 0 Å². The van der Waals surface area contributed by atoms with Gasteiger partial charge in [-0.2, -0.15) is 5.10 Å². The fourth-order valence-electron chi connectivity index (χ4n) is 2.27. The normalized spacial score (nSPS) is 16.2. The maximum absolute atomic E-state index is 12.2. The van der Waals surface area contributed by atoms with E-state index in [0.717, 1.165) is 38.2 Å². The fourth-order valence-corrected chi connectivity index (χ4v) is 3.23. The molecule has 21 heavy (non-hydrogen) atoms. The quantitative estimate of drug-likeness (QED) is 0.846. The van der Waals surface area contributed by atoms with Gasteiger partial charge in [0.25, 0.3) is 5.91 Å². The Bertz CT molecular complexity index is 639. The van der Waals surface area contributed by atoms with Crippen LogP contribution in [-0.4, -0.2) is 60.4 Å². The molecule has 0 aromatic carbocycles. The van der Waals surface area contributed by atoms with Crippen molar-refractivity contribution in [2.75, 3.05) is 45.1 Å². The van der Waals surface area contributed by atoms with Gasteiger partial charge in [0.15, 0.2) is 0 Å². The molecule has 0 saturated carbocycles. The highest BCUT2D eigenvalue weighted by atomic mass is 32.1. The molecule has 8 heteroatoms. The second-order valence-electron chi connectivity index (χ2n) is 4.80. The lowest BCUT2D eigenvalue weighted by atomic mass is 10.3. The summed E-state index contributed by atoms with van der Waals surface area (Å²) in [5.74, 6) is -0.149. The Hall–Kier alpha value is -1.77. The minimum atomic E-state index is -0.149. The summed E-state index contributed by atoms with van der Waals surface area (Å²) in [5.41, 5.74) is 6.49. The van der Waals surface area contributed by atoms with E-state index in [9.17, 15) is 4.79 Å². The Labute approximate surface area is 126 Å². The predicted molar refractivity (Wildman–Crippen MR) is 81.4 cm³/mol. The van der Waals surface area contributed by atoms with E-state index in [1.54, 1.807) is 12.3 Å². The molecule has 3 heterocycles. The molecule has 7 nitrogen and oxygen atoms in total. The summed E-state index contributed by atoms with van der Waals surface area (Å²) in [4.78, 5) is 15.7. The molecule has 1 saturated heterocycles. The van der Waals surface area contributed by atoms with Crippen LogP contribution >= 0.6 is 11.3 Å². The number of carbonyl (C=O) groups is 1. The number of aromatic nitrogens is 2. The molecule has 1 aliphatic heterocycles.